The lowest BCUT2D eigenvalue weighted by molar-refractivity contribution is -0.100. The molecule has 66 valence electrons. The maximum absolute atomic E-state index is 11.3. The predicted octanol–water partition coefficient (Wildman–Crippen LogP) is 0.433. The van der Waals surface area contributed by atoms with Crippen LogP contribution in [0.4, 0.5) is 0 Å². The molecular formula is C7H11N3O2. The highest BCUT2D eigenvalue weighted by Crippen LogP contribution is 1.97. The van der Waals surface area contributed by atoms with Crippen LogP contribution in [-0.4, -0.2) is 34.6 Å². The zero-order chi connectivity index (χ0) is 8.97. The van der Waals surface area contributed by atoms with Crippen molar-refractivity contribution in [2.75, 3.05) is 13.7 Å². The van der Waals surface area contributed by atoms with Gasteiger partial charge in [-0.05, 0) is 6.92 Å². The fourth-order valence-electron chi connectivity index (χ4n) is 0.791. The summed E-state index contributed by atoms with van der Waals surface area (Å²) in [6, 6.07) is 0. The number of nitrogens with zero attached hydrogens (tertiary/aromatic N) is 2. The first-order valence-electron chi connectivity index (χ1n) is 3.65. The van der Waals surface area contributed by atoms with E-state index in [4.69, 9.17) is 4.84 Å². The molecule has 0 unspecified atom stereocenters. The van der Waals surface area contributed by atoms with E-state index < -0.39 is 0 Å². The lowest BCUT2D eigenvalue weighted by Crippen LogP contribution is -2.27. The lowest BCUT2D eigenvalue weighted by atomic mass is 10.4. The van der Waals surface area contributed by atoms with Crippen LogP contribution in [0.1, 0.15) is 17.4 Å². The van der Waals surface area contributed by atoms with E-state index in [1.807, 2.05) is 6.92 Å². The van der Waals surface area contributed by atoms with Gasteiger partial charge in [-0.15, -0.1) is 0 Å². The van der Waals surface area contributed by atoms with Crippen molar-refractivity contribution >= 4 is 5.91 Å². The molecule has 5 heteroatoms. The predicted molar refractivity (Wildman–Crippen MR) is 42.3 cm³/mol. The van der Waals surface area contributed by atoms with Crippen LogP contribution in [0.5, 0.6) is 0 Å². The second-order valence-electron chi connectivity index (χ2n) is 2.17. The van der Waals surface area contributed by atoms with Crippen molar-refractivity contribution in [2.24, 2.45) is 0 Å². The fraction of sp³-hybridized carbons (Fsp3) is 0.429. The maximum Gasteiger partial charge on any atom is 0.297 e. The summed E-state index contributed by atoms with van der Waals surface area (Å²) in [5.74, 6) is -0.252. The third-order valence-corrected chi connectivity index (χ3v) is 1.33. The molecule has 12 heavy (non-hydrogen) atoms. The second kappa shape index (κ2) is 3.87. The van der Waals surface area contributed by atoms with Gasteiger partial charge >= 0.3 is 0 Å². The van der Waals surface area contributed by atoms with E-state index in [0.29, 0.717) is 12.3 Å². The van der Waals surface area contributed by atoms with Crippen molar-refractivity contribution < 1.29 is 9.63 Å². The van der Waals surface area contributed by atoms with Crippen LogP contribution in [-0.2, 0) is 4.84 Å². The fourth-order valence-corrected chi connectivity index (χ4v) is 0.791. The molecule has 0 saturated heterocycles. The van der Waals surface area contributed by atoms with E-state index in [9.17, 15) is 4.79 Å². The molecule has 0 aliphatic carbocycles. The van der Waals surface area contributed by atoms with Crippen molar-refractivity contribution in [2.45, 2.75) is 6.92 Å². The molecule has 0 bridgehead atoms. The van der Waals surface area contributed by atoms with E-state index in [-0.39, 0.29) is 5.91 Å². The molecule has 5 nitrogen and oxygen atoms in total. The summed E-state index contributed by atoms with van der Waals surface area (Å²) in [6.07, 6.45) is 2.98. The average Bonchev–Trinajstić information content (AvgIpc) is 2.55. The molecule has 1 aromatic rings. The summed E-state index contributed by atoms with van der Waals surface area (Å²) in [5, 5.41) is 1.16. The molecular weight excluding hydrogens is 158 g/mol. The number of carbonyl (C=O) groups excluding carboxylic acids is 1. The summed E-state index contributed by atoms with van der Waals surface area (Å²) >= 11 is 0. The molecule has 1 heterocycles. The molecule has 0 aliphatic rings. The molecule has 1 rings (SSSR count). The summed E-state index contributed by atoms with van der Waals surface area (Å²) < 4.78 is 0. The molecule has 1 N–H and O–H groups in total. The third kappa shape index (κ3) is 1.82. The van der Waals surface area contributed by atoms with Crippen molar-refractivity contribution in [3.05, 3.63) is 18.2 Å². The van der Waals surface area contributed by atoms with E-state index in [2.05, 4.69) is 9.97 Å². The number of aromatic nitrogens is 2. The Kier molecular flexibility index (Phi) is 2.82. The standard InChI is InChI=1S/C7H11N3O2/c1-3-12-10(2)7(11)6-4-8-5-9-6/h4-5H,3H2,1-2H3,(H,8,9). The topological polar surface area (TPSA) is 58.2 Å². The van der Waals surface area contributed by atoms with Gasteiger partial charge in [-0.1, -0.05) is 0 Å². The van der Waals surface area contributed by atoms with Crippen molar-refractivity contribution in [3.8, 4) is 0 Å². The Morgan fingerprint density at radius 2 is 2.58 bits per heavy atom. The Hall–Kier alpha value is -1.36. The molecule has 0 aromatic carbocycles. The first-order valence-corrected chi connectivity index (χ1v) is 3.65. The van der Waals surface area contributed by atoms with Gasteiger partial charge in [0.1, 0.15) is 5.69 Å². The summed E-state index contributed by atoms with van der Waals surface area (Å²) in [7, 11) is 1.56. The van der Waals surface area contributed by atoms with Crippen LogP contribution >= 0.6 is 0 Å². The minimum Gasteiger partial charge on any atom is -0.350 e. The molecule has 0 atom stereocenters. The van der Waals surface area contributed by atoms with Gasteiger partial charge in [0.2, 0.25) is 0 Å². The number of hydrogen-bond acceptors (Lipinski definition) is 3. The normalized spacial score (nSPS) is 9.83. The highest BCUT2D eigenvalue weighted by atomic mass is 16.7. The minimum absolute atomic E-state index is 0.252. The monoisotopic (exact) mass is 169 g/mol. The summed E-state index contributed by atoms with van der Waals surface area (Å²) in [5.41, 5.74) is 0.353. The molecule has 0 radical (unpaired) electrons. The Balaban J connectivity index is 2.59. The minimum atomic E-state index is -0.252. The van der Waals surface area contributed by atoms with Crippen LogP contribution in [0.3, 0.4) is 0 Å². The van der Waals surface area contributed by atoms with E-state index in [0.717, 1.165) is 5.06 Å². The Morgan fingerprint density at radius 3 is 3.08 bits per heavy atom. The molecule has 0 spiro atoms. The van der Waals surface area contributed by atoms with E-state index >= 15 is 0 Å². The number of imidazole rings is 1. The zero-order valence-electron chi connectivity index (χ0n) is 7.07. The zero-order valence-corrected chi connectivity index (χ0v) is 7.07. The third-order valence-electron chi connectivity index (χ3n) is 1.33. The van der Waals surface area contributed by atoms with Crippen LogP contribution in [0.25, 0.3) is 0 Å². The molecule has 0 fully saturated rings. The number of hydrogen-bond donors (Lipinski definition) is 1. The van der Waals surface area contributed by atoms with E-state index in [1.165, 1.54) is 12.5 Å². The van der Waals surface area contributed by atoms with Crippen LogP contribution in [0.15, 0.2) is 12.5 Å². The number of H-pyrrole nitrogens is 1. The van der Waals surface area contributed by atoms with E-state index in [1.54, 1.807) is 7.05 Å². The lowest BCUT2D eigenvalue weighted by Gasteiger charge is -2.13. The number of amides is 1. The molecule has 1 amide bonds. The van der Waals surface area contributed by atoms with Gasteiger partial charge in [-0.3, -0.25) is 9.63 Å². The Morgan fingerprint density at radius 1 is 1.83 bits per heavy atom. The Labute approximate surface area is 70.3 Å². The Bertz CT molecular complexity index is 245. The number of rotatable bonds is 3. The van der Waals surface area contributed by atoms with Gasteiger partial charge in [-0.25, -0.2) is 10.0 Å². The smallest absolute Gasteiger partial charge is 0.297 e. The number of hydroxylamine groups is 2. The number of nitrogens with one attached hydrogen (secondary N) is 1. The van der Waals surface area contributed by atoms with Crippen molar-refractivity contribution in [1.82, 2.24) is 15.0 Å². The average molecular weight is 169 g/mol. The molecule has 0 saturated carbocycles. The van der Waals surface area contributed by atoms with Gasteiger partial charge in [0.05, 0.1) is 12.9 Å². The molecule has 0 aliphatic heterocycles. The number of aromatic amines is 1. The van der Waals surface area contributed by atoms with Gasteiger partial charge in [0, 0.05) is 13.2 Å². The highest BCUT2D eigenvalue weighted by molar-refractivity contribution is 5.91. The largest absolute Gasteiger partial charge is 0.350 e. The number of carbonyl (C=O) groups is 1. The first-order chi connectivity index (χ1) is 5.75. The SMILES string of the molecule is CCON(C)C(=O)c1c[nH]cn1. The van der Waals surface area contributed by atoms with Crippen molar-refractivity contribution in [3.63, 3.8) is 0 Å². The van der Waals surface area contributed by atoms with Crippen LogP contribution < -0.4 is 0 Å². The summed E-state index contributed by atoms with van der Waals surface area (Å²) in [4.78, 5) is 22.8. The van der Waals surface area contributed by atoms with Gasteiger partial charge < -0.3 is 4.98 Å². The van der Waals surface area contributed by atoms with Crippen LogP contribution in [0, 0.1) is 0 Å². The molecule has 1 aromatic heterocycles. The quantitative estimate of drug-likeness (QED) is 0.667. The maximum atomic E-state index is 11.3. The van der Waals surface area contributed by atoms with Gasteiger partial charge in [0.25, 0.3) is 5.91 Å². The van der Waals surface area contributed by atoms with Gasteiger partial charge in [-0.2, -0.15) is 0 Å². The van der Waals surface area contributed by atoms with Crippen LogP contribution in [0.2, 0.25) is 0 Å². The van der Waals surface area contributed by atoms with Crippen molar-refractivity contribution in [1.29, 1.82) is 0 Å². The second-order valence-corrected chi connectivity index (χ2v) is 2.17. The first kappa shape index (κ1) is 8.73. The summed E-state index contributed by atoms with van der Waals surface area (Å²) in [6.45, 7) is 2.28. The highest BCUT2D eigenvalue weighted by Gasteiger charge is 2.12. The van der Waals surface area contributed by atoms with Gasteiger partial charge in [0.15, 0.2) is 0 Å².